The Kier molecular flexibility index (Phi) is 2.31. The predicted octanol–water partition coefficient (Wildman–Crippen LogP) is 1.49. The van der Waals surface area contributed by atoms with Gasteiger partial charge in [0.25, 0.3) is 0 Å². The Morgan fingerprint density at radius 1 is 1.83 bits per heavy atom. The lowest BCUT2D eigenvalue weighted by molar-refractivity contribution is 0.204. The SMILES string of the molecule is C#COC(C)C.[HH].[HH]. The minimum atomic E-state index is 0. The second-order valence-corrected chi connectivity index (χ2v) is 1.28. The topological polar surface area (TPSA) is 9.23 Å². The molecule has 0 fully saturated rings. The normalized spacial score (nSPS) is 7.67. The van der Waals surface area contributed by atoms with Gasteiger partial charge in [-0.3, -0.25) is 0 Å². The van der Waals surface area contributed by atoms with E-state index in [2.05, 4.69) is 10.8 Å². The van der Waals surface area contributed by atoms with Crippen LogP contribution in [0.1, 0.15) is 16.7 Å². The zero-order chi connectivity index (χ0) is 4.99. The second kappa shape index (κ2) is 2.59. The maximum atomic E-state index is 4.76. The molecule has 0 bridgehead atoms. The third-order valence-electron chi connectivity index (χ3n) is 0.304. The molecular weight excluding hydrogens is 76.1 g/mol. The lowest BCUT2D eigenvalue weighted by atomic mass is 10.5. The molecule has 0 rings (SSSR count). The number of hydrogen-bond donors (Lipinski definition) is 0. The van der Waals surface area contributed by atoms with Crippen LogP contribution in [-0.2, 0) is 4.74 Å². The number of terminal acetylenes is 1. The van der Waals surface area contributed by atoms with E-state index in [0.717, 1.165) is 0 Å². The molecule has 0 saturated carbocycles. The second-order valence-electron chi connectivity index (χ2n) is 1.28. The van der Waals surface area contributed by atoms with Crippen molar-refractivity contribution in [1.29, 1.82) is 0 Å². The van der Waals surface area contributed by atoms with Gasteiger partial charge < -0.3 is 4.74 Å². The maximum absolute atomic E-state index is 4.76. The van der Waals surface area contributed by atoms with E-state index >= 15 is 0 Å². The van der Waals surface area contributed by atoms with Crippen molar-refractivity contribution < 1.29 is 7.59 Å². The molecule has 0 unspecified atom stereocenters. The summed E-state index contributed by atoms with van der Waals surface area (Å²) in [5, 5.41) is 0. The van der Waals surface area contributed by atoms with Gasteiger partial charge in [-0.1, -0.05) is 6.42 Å². The quantitative estimate of drug-likeness (QED) is 0.441. The summed E-state index contributed by atoms with van der Waals surface area (Å²) in [7, 11) is 0. The van der Waals surface area contributed by atoms with Crippen molar-refractivity contribution in [2.24, 2.45) is 0 Å². The molecule has 0 heterocycles. The molecule has 0 aliphatic heterocycles. The van der Waals surface area contributed by atoms with Crippen molar-refractivity contribution in [2.75, 3.05) is 0 Å². The van der Waals surface area contributed by atoms with Crippen molar-refractivity contribution >= 4 is 0 Å². The van der Waals surface area contributed by atoms with Crippen molar-refractivity contribution in [3.63, 3.8) is 0 Å². The van der Waals surface area contributed by atoms with E-state index in [1.165, 1.54) is 0 Å². The van der Waals surface area contributed by atoms with Gasteiger partial charge in [-0.25, -0.2) is 0 Å². The standard InChI is InChI=1S/C5H8O.2H2/c1-4-6-5(2)3;;/h1,5H,2-3H3;2*1H. The zero-order valence-corrected chi connectivity index (χ0v) is 4.06. The highest BCUT2D eigenvalue weighted by molar-refractivity contribution is 4.69. The molecule has 0 aliphatic rings. The smallest absolute Gasteiger partial charge is 0.106 e. The first-order chi connectivity index (χ1) is 2.77. The Morgan fingerprint density at radius 3 is 2.33 bits per heavy atom. The van der Waals surface area contributed by atoms with Crippen molar-refractivity contribution in [3.8, 4) is 12.5 Å². The first-order valence-electron chi connectivity index (χ1n) is 1.88. The lowest BCUT2D eigenvalue weighted by Gasteiger charge is -1.95. The Labute approximate surface area is 41.3 Å². The summed E-state index contributed by atoms with van der Waals surface area (Å²) in [5.74, 6) is 0. The maximum Gasteiger partial charge on any atom is 0.106 e. The molecule has 0 aliphatic carbocycles. The van der Waals surface area contributed by atoms with Crippen LogP contribution in [0.25, 0.3) is 0 Å². The summed E-state index contributed by atoms with van der Waals surface area (Å²) in [6.07, 6.45) is 6.99. The van der Waals surface area contributed by atoms with Gasteiger partial charge in [0.1, 0.15) is 12.2 Å². The van der Waals surface area contributed by atoms with Crippen molar-refractivity contribution in [1.82, 2.24) is 0 Å². The Bertz CT molecular complexity index is 65.3. The van der Waals surface area contributed by atoms with Crippen LogP contribution >= 0.6 is 0 Å². The fraction of sp³-hybridized carbons (Fsp3) is 0.600. The van der Waals surface area contributed by atoms with Crippen LogP contribution in [0.3, 0.4) is 0 Å². The molecule has 0 aromatic heterocycles. The minimum Gasteiger partial charge on any atom is -0.444 e. The van der Waals surface area contributed by atoms with Crippen LogP contribution in [0.15, 0.2) is 0 Å². The molecule has 6 heavy (non-hydrogen) atoms. The van der Waals surface area contributed by atoms with Gasteiger partial charge in [-0.15, -0.1) is 0 Å². The lowest BCUT2D eigenvalue weighted by Crippen LogP contribution is -1.93. The van der Waals surface area contributed by atoms with Crippen molar-refractivity contribution in [3.05, 3.63) is 0 Å². The molecule has 0 amide bonds. The first-order valence-corrected chi connectivity index (χ1v) is 1.88. The molecule has 0 N–H and O–H groups in total. The highest BCUT2D eigenvalue weighted by atomic mass is 16.5. The summed E-state index contributed by atoms with van der Waals surface area (Å²) in [6.45, 7) is 3.78. The monoisotopic (exact) mass is 88.1 g/mol. The summed E-state index contributed by atoms with van der Waals surface area (Å²) >= 11 is 0. The van der Waals surface area contributed by atoms with E-state index in [1.54, 1.807) is 0 Å². The molecule has 1 nitrogen and oxygen atoms in total. The third-order valence-corrected chi connectivity index (χ3v) is 0.304. The van der Waals surface area contributed by atoms with Crippen LogP contribution in [0.4, 0.5) is 0 Å². The van der Waals surface area contributed by atoms with Crippen LogP contribution in [-0.4, -0.2) is 6.10 Å². The van der Waals surface area contributed by atoms with Crippen molar-refractivity contribution in [2.45, 2.75) is 20.0 Å². The summed E-state index contributed by atoms with van der Waals surface area (Å²) in [5.41, 5.74) is 0. The summed E-state index contributed by atoms with van der Waals surface area (Å²) in [6, 6.07) is 0. The summed E-state index contributed by atoms with van der Waals surface area (Å²) < 4.78 is 4.57. The first kappa shape index (κ1) is 5.36. The highest BCUT2D eigenvalue weighted by Crippen LogP contribution is 1.80. The van der Waals surface area contributed by atoms with E-state index in [1.807, 2.05) is 13.8 Å². The Balaban J connectivity index is -0.000000125. The van der Waals surface area contributed by atoms with Crippen LogP contribution in [0, 0.1) is 12.5 Å². The molecule has 0 aromatic rings. The van der Waals surface area contributed by atoms with Gasteiger partial charge in [-0.2, -0.15) is 0 Å². The van der Waals surface area contributed by atoms with E-state index in [0.29, 0.717) is 0 Å². The van der Waals surface area contributed by atoms with E-state index in [9.17, 15) is 0 Å². The van der Waals surface area contributed by atoms with Gasteiger partial charge in [0.15, 0.2) is 0 Å². The average molecular weight is 88.1 g/mol. The molecule has 1 heteroatoms. The van der Waals surface area contributed by atoms with Gasteiger partial charge in [0, 0.05) is 2.85 Å². The van der Waals surface area contributed by atoms with Gasteiger partial charge in [0.2, 0.25) is 0 Å². The third kappa shape index (κ3) is 3.36. The highest BCUT2D eigenvalue weighted by Gasteiger charge is 1.82. The fourth-order valence-electron chi connectivity index (χ4n) is 0.136. The molecule has 0 aromatic carbocycles. The molecule has 38 valence electrons. The minimum absolute atomic E-state index is 0. The average Bonchev–Trinajstić information content (AvgIpc) is 1.35. The predicted molar refractivity (Wildman–Crippen MR) is 29.3 cm³/mol. The van der Waals surface area contributed by atoms with Crippen LogP contribution in [0.2, 0.25) is 0 Å². The van der Waals surface area contributed by atoms with Gasteiger partial charge in [0.05, 0.1) is 0 Å². The zero-order valence-electron chi connectivity index (χ0n) is 4.06. The number of rotatable bonds is 1. The van der Waals surface area contributed by atoms with Crippen LogP contribution < -0.4 is 0 Å². The largest absolute Gasteiger partial charge is 0.444 e. The summed E-state index contributed by atoms with van der Waals surface area (Å²) in [4.78, 5) is 0. The van der Waals surface area contributed by atoms with Crippen LogP contribution in [0.5, 0.6) is 0 Å². The Hall–Kier alpha value is -0.640. The van der Waals surface area contributed by atoms with Gasteiger partial charge in [-0.05, 0) is 13.8 Å². The number of hydrogen-bond acceptors (Lipinski definition) is 1. The molecule has 0 spiro atoms. The van der Waals surface area contributed by atoms with Gasteiger partial charge >= 0.3 is 0 Å². The molecule has 0 atom stereocenters. The molecule has 0 radical (unpaired) electrons. The Morgan fingerprint density at radius 2 is 2.33 bits per heavy atom. The molecular formula is C5H12O. The number of ether oxygens (including phenoxy) is 1. The van der Waals surface area contributed by atoms with E-state index < -0.39 is 0 Å². The fourth-order valence-corrected chi connectivity index (χ4v) is 0.136. The van der Waals surface area contributed by atoms with E-state index in [-0.39, 0.29) is 8.96 Å². The van der Waals surface area contributed by atoms with E-state index in [4.69, 9.17) is 6.42 Å². The molecule has 0 saturated heterocycles.